The molecule has 3 nitrogen and oxygen atoms in total. The first-order valence-corrected chi connectivity index (χ1v) is 6.71. The molecule has 104 valence electrons. The number of hydrogen-bond donors (Lipinski definition) is 0. The van der Waals surface area contributed by atoms with Crippen LogP contribution in [0.25, 0.3) is 0 Å². The molecular weight excluding hydrogens is 245 g/mol. The summed E-state index contributed by atoms with van der Waals surface area (Å²) in [6.45, 7) is 3.04. The maximum atomic E-state index is 13.2. The average Bonchev–Trinajstić information content (AvgIpc) is 2.42. The van der Waals surface area contributed by atoms with E-state index in [1.54, 1.807) is 24.9 Å². The van der Waals surface area contributed by atoms with Crippen molar-refractivity contribution in [2.75, 3.05) is 20.2 Å². The Morgan fingerprint density at radius 1 is 1.47 bits per heavy atom. The van der Waals surface area contributed by atoms with Gasteiger partial charge in [-0.25, -0.2) is 4.39 Å². The first-order valence-electron chi connectivity index (χ1n) is 6.71. The van der Waals surface area contributed by atoms with Crippen LogP contribution in [0.4, 0.5) is 4.39 Å². The minimum Gasteiger partial charge on any atom is -0.376 e. The Kier molecular flexibility index (Phi) is 4.53. The van der Waals surface area contributed by atoms with E-state index in [9.17, 15) is 9.18 Å². The molecule has 1 heterocycles. The normalized spacial score (nSPS) is 19.2. The lowest BCUT2D eigenvalue weighted by molar-refractivity contribution is -0.000189. The SMILES string of the molecule is Cc1cc(C(=O)N(C)CC2CCCCO2)ccc1F. The minimum atomic E-state index is -0.283. The quantitative estimate of drug-likeness (QED) is 0.841. The molecule has 1 aliphatic heterocycles. The van der Waals surface area contributed by atoms with Crippen LogP contribution in [0.2, 0.25) is 0 Å². The predicted molar refractivity (Wildman–Crippen MR) is 71.7 cm³/mol. The summed E-state index contributed by atoms with van der Waals surface area (Å²) in [4.78, 5) is 13.9. The van der Waals surface area contributed by atoms with Crippen LogP contribution < -0.4 is 0 Å². The molecule has 0 N–H and O–H groups in total. The monoisotopic (exact) mass is 265 g/mol. The summed E-state index contributed by atoms with van der Waals surface area (Å²) in [6, 6.07) is 4.46. The molecule has 1 aromatic rings. The van der Waals surface area contributed by atoms with Crippen LogP contribution >= 0.6 is 0 Å². The van der Waals surface area contributed by atoms with Gasteiger partial charge in [-0.15, -0.1) is 0 Å². The molecule has 4 heteroatoms. The Morgan fingerprint density at radius 2 is 2.26 bits per heavy atom. The van der Waals surface area contributed by atoms with E-state index in [1.807, 2.05) is 0 Å². The predicted octanol–water partition coefficient (Wildman–Crippen LogP) is 2.78. The largest absolute Gasteiger partial charge is 0.376 e. The van der Waals surface area contributed by atoms with Gasteiger partial charge in [-0.3, -0.25) is 4.79 Å². The molecule has 1 fully saturated rings. The van der Waals surface area contributed by atoms with Crippen LogP contribution in [-0.2, 0) is 4.74 Å². The fourth-order valence-electron chi connectivity index (χ4n) is 2.34. The minimum absolute atomic E-state index is 0.0859. The van der Waals surface area contributed by atoms with Crippen LogP contribution in [0.1, 0.15) is 35.2 Å². The van der Waals surface area contributed by atoms with Crippen LogP contribution in [0.3, 0.4) is 0 Å². The number of carbonyl (C=O) groups excluding carboxylic acids is 1. The number of aryl methyl sites for hydroxylation is 1. The maximum absolute atomic E-state index is 13.2. The van der Waals surface area contributed by atoms with Gasteiger partial charge in [0.25, 0.3) is 5.91 Å². The zero-order valence-corrected chi connectivity index (χ0v) is 11.5. The first kappa shape index (κ1) is 14.0. The van der Waals surface area contributed by atoms with Crippen molar-refractivity contribution in [2.24, 2.45) is 0 Å². The zero-order chi connectivity index (χ0) is 13.8. The van der Waals surface area contributed by atoms with Gasteiger partial charge in [-0.2, -0.15) is 0 Å². The molecule has 1 aliphatic rings. The van der Waals surface area contributed by atoms with E-state index in [0.717, 1.165) is 25.9 Å². The van der Waals surface area contributed by atoms with Crippen molar-refractivity contribution in [3.63, 3.8) is 0 Å². The molecule has 1 aromatic carbocycles. The maximum Gasteiger partial charge on any atom is 0.253 e. The molecule has 2 rings (SSSR count). The third-order valence-electron chi connectivity index (χ3n) is 3.50. The highest BCUT2D eigenvalue weighted by atomic mass is 19.1. The fourth-order valence-corrected chi connectivity index (χ4v) is 2.34. The second-order valence-electron chi connectivity index (χ2n) is 5.14. The van der Waals surface area contributed by atoms with E-state index < -0.39 is 0 Å². The second kappa shape index (κ2) is 6.15. The van der Waals surface area contributed by atoms with Crippen LogP contribution in [0.5, 0.6) is 0 Å². The summed E-state index contributed by atoms with van der Waals surface area (Å²) in [7, 11) is 1.76. The summed E-state index contributed by atoms with van der Waals surface area (Å²) in [5.74, 6) is -0.368. The van der Waals surface area contributed by atoms with Crippen molar-refractivity contribution in [1.82, 2.24) is 4.90 Å². The first-order chi connectivity index (χ1) is 9.08. The summed E-state index contributed by atoms with van der Waals surface area (Å²) in [6.07, 6.45) is 3.39. The molecule has 0 bridgehead atoms. The van der Waals surface area contributed by atoms with Gasteiger partial charge >= 0.3 is 0 Å². The Balaban J connectivity index is 1.99. The average molecular weight is 265 g/mol. The number of benzene rings is 1. The number of hydrogen-bond acceptors (Lipinski definition) is 2. The lowest BCUT2D eigenvalue weighted by Gasteiger charge is -2.27. The van der Waals surface area contributed by atoms with Crippen molar-refractivity contribution in [3.8, 4) is 0 Å². The Morgan fingerprint density at radius 3 is 2.89 bits per heavy atom. The molecule has 1 amide bonds. The van der Waals surface area contributed by atoms with Crippen LogP contribution in [-0.4, -0.2) is 37.1 Å². The number of nitrogens with zero attached hydrogens (tertiary/aromatic N) is 1. The van der Waals surface area contributed by atoms with Crippen LogP contribution in [0.15, 0.2) is 18.2 Å². The van der Waals surface area contributed by atoms with E-state index in [4.69, 9.17) is 4.74 Å². The van der Waals surface area contributed by atoms with E-state index in [2.05, 4.69) is 0 Å². The van der Waals surface area contributed by atoms with Crippen molar-refractivity contribution < 1.29 is 13.9 Å². The van der Waals surface area contributed by atoms with Gasteiger partial charge in [-0.05, 0) is 49.9 Å². The molecule has 0 aliphatic carbocycles. The highest BCUT2D eigenvalue weighted by Crippen LogP contribution is 2.15. The summed E-state index contributed by atoms with van der Waals surface area (Å²) in [5.41, 5.74) is 1.02. The highest BCUT2D eigenvalue weighted by Gasteiger charge is 2.20. The van der Waals surface area contributed by atoms with Gasteiger partial charge in [0, 0.05) is 25.8 Å². The number of carbonyl (C=O) groups is 1. The van der Waals surface area contributed by atoms with E-state index in [1.165, 1.54) is 12.1 Å². The molecule has 0 aromatic heterocycles. The third kappa shape index (κ3) is 3.53. The van der Waals surface area contributed by atoms with Gasteiger partial charge in [0.2, 0.25) is 0 Å². The van der Waals surface area contributed by atoms with Crippen molar-refractivity contribution in [2.45, 2.75) is 32.3 Å². The molecular formula is C15H20FNO2. The molecule has 0 radical (unpaired) electrons. The van der Waals surface area contributed by atoms with Gasteiger partial charge in [0.1, 0.15) is 5.82 Å². The standard InChI is InChI=1S/C15H20FNO2/c1-11-9-12(6-7-14(11)16)15(18)17(2)10-13-5-3-4-8-19-13/h6-7,9,13H,3-5,8,10H2,1-2H3. The molecule has 1 saturated heterocycles. The van der Waals surface area contributed by atoms with Gasteiger partial charge in [0.05, 0.1) is 6.10 Å². The van der Waals surface area contributed by atoms with Crippen molar-refractivity contribution in [3.05, 3.63) is 35.1 Å². The van der Waals surface area contributed by atoms with Crippen LogP contribution in [0, 0.1) is 12.7 Å². The Hall–Kier alpha value is -1.42. The molecule has 1 atom stereocenters. The number of amides is 1. The lowest BCUT2D eigenvalue weighted by atomic mass is 10.1. The third-order valence-corrected chi connectivity index (χ3v) is 3.50. The van der Waals surface area contributed by atoms with Gasteiger partial charge < -0.3 is 9.64 Å². The lowest BCUT2D eigenvalue weighted by Crippen LogP contribution is -2.37. The Bertz CT molecular complexity index is 455. The van der Waals surface area contributed by atoms with Crippen molar-refractivity contribution >= 4 is 5.91 Å². The number of halogens is 1. The van der Waals surface area contributed by atoms with Crippen molar-refractivity contribution in [1.29, 1.82) is 0 Å². The number of rotatable bonds is 3. The van der Waals surface area contributed by atoms with E-state index in [0.29, 0.717) is 17.7 Å². The summed E-state index contributed by atoms with van der Waals surface area (Å²) in [5, 5.41) is 0. The zero-order valence-electron chi connectivity index (χ0n) is 11.5. The molecule has 0 saturated carbocycles. The fraction of sp³-hybridized carbons (Fsp3) is 0.533. The van der Waals surface area contributed by atoms with E-state index in [-0.39, 0.29) is 17.8 Å². The van der Waals surface area contributed by atoms with Gasteiger partial charge in [0.15, 0.2) is 0 Å². The van der Waals surface area contributed by atoms with Gasteiger partial charge in [-0.1, -0.05) is 0 Å². The van der Waals surface area contributed by atoms with E-state index >= 15 is 0 Å². The number of likely N-dealkylation sites (N-methyl/N-ethyl adjacent to an activating group) is 1. The highest BCUT2D eigenvalue weighted by molar-refractivity contribution is 5.94. The topological polar surface area (TPSA) is 29.5 Å². The molecule has 1 unspecified atom stereocenters. The second-order valence-corrected chi connectivity index (χ2v) is 5.14. The summed E-state index contributed by atoms with van der Waals surface area (Å²) < 4.78 is 18.8. The summed E-state index contributed by atoms with van der Waals surface area (Å²) >= 11 is 0. The molecule has 19 heavy (non-hydrogen) atoms. The molecule has 0 spiro atoms. The number of ether oxygens (including phenoxy) is 1. The smallest absolute Gasteiger partial charge is 0.253 e. The Labute approximate surface area is 113 Å².